The van der Waals surface area contributed by atoms with Gasteiger partial charge in [0.2, 0.25) is 5.91 Å². The molecule has 0 bridgehead atoms. The van der Waals surface area contributed by atoms with Crippen LogP contribution in [0.2, 0.25) is 5.02 Å². The molecule has 1 atom stereocenters. The number of hydrogen-bond donors (Lipinski definition) is 1. The Kier molecular flexibility index (Phi) is 10.4. The highest BCUT2D eigenvalue weighted by atomic mass is 35.5. The van der Waals surface area contributed by atoms with E-state index in [-0.39, 0.29) is 49.3 Å². The number of carbonyl (C=O) groups is 2. The van der Waals surface area contributed by atoms with Gasteiger partial charge < -0.3 is 9.64 Å². The van der Waals surface area contributed by atoms with Crippen LogP contribution < -0.4 is 5.32 Å². The largest absolute Gasteiger partial charge is 0.453 e. The lowest BCUT2D eigenvalue weighted by atomic mass is 10.1. The molecule has 0 saturated heterocycles. The summed E-state index contributed by atoms with van der Waals surface area (Å²) < 4.78 is 59.8. The van der Waals surface area contributed by atoms with Crippen molar-refractivity contribution in [2.24, 2.45) is 0 Å². The number of benzene rings is 2. The Morgan fingerprint density at radius 3 is 2.70 bits per heavy atom. The summed E-state index contributed by atoms with van der Waals surface area (Å²) in [5.41, 5.74) is 0.505. The monoisotopic (exact) mass is 661 g/mol. The molecule has 10 nitrogen and oxygen atoms in total. The van der Waals surface area contributed by atoms with E-state index in [2.05, 4.69) is 20.4 Å². The zero-order chi connectivity index (χ0) is 32.8. The van der Waals surface area contributed by atoms with Crippen molar-refractivity contribution in [1.82, 2.24) is 29.5 Å². The Labute approximate surface area is 267 Å². The van der Waals surface area contributed by atoms with Crippen LogP contribution in [-0.4, -0.2) is 74.3 Å². The summed E-state index contributed by atoms with van der Waals surface area (Å²) >= 11 is 6.06. The van der Waals surface area contributed by atoms with Crippen molar-refractivity contribution >= 4 is 40.2 Å². The maximum absolute atomic E-state index is 13.9. The molecule has 0 unspecified atom stereocenters. The van der Waals surface area contributed by atoms with Crippen molar-refractivity contribution in [3.63, 3.8) is 0 Å². The molecule has 0 saturated carbocycles. The fraction of sp³-hybridized carbons (Fsp3) is 0.387. The Balaban J connectivity index is 1.19. The Morgan fingerprint density at radius 1 is 1.13 bits per heavy atom. The standard InChI is InChI=1S/C31H32ClF4N7O3/c1-41(27(44)12-11-20-8-4-10-24(33)28(20)32)23(19-46-30(45)38-25-16-21-6-2-3-7-22(21)17-37-25)9-5-13-42-14-15-43-26(18-42)39-29(40-43)31(34,35)36/h2-4,6-8,10,16-17,23H,5,9,11-15,18-19H2,1H3,(H,37,38,45)/t23-/m0/s1. The van der Waals surface area contributed by atoms with Crippen LogP contribution in [0.15, 0.2) is 54.7 Å². The number of rotatable bonds is 11. The van der Waals surface area contributed by atoms with E-state index < -0.39 is 30.0 Å². The van der Waals surface area contributed by atoms with E-state index in [0.29, 0.717) is 37.3 Å². The first-order valence-corrected chi connectivity index (χ1v) is 15.1. The van der Waals surface area contributed by atoms with Crippen molar-refractivity contribution in [3.8, 4) is 0 Å². The predicted molar refractivity (Wildman–Crippen MR) is 163 cm³/mol. The van der Waals surface area contributed by atoms with Gasteiger partial charge in [-0.25, -0.2) is 23.8 Å². The van der Waals surface area contributed by atoms with Crippen LogP contribution in [0.3, 0.4) is 0 Å². The third-order valence-electron chi connectivity index (χ3n) is 7.86. The molecule has 0 radical (unpaired) electrons. The number of fused-ring (bicyclic) bond motifs is 2. The fourth-order valence-corrected chi connectivity index (χ4v) is 5.48. The molecule has 1 N–H and O–H groups in total. The van der Waals surface area contributed by atoms with Gasteiger partial charge in [-0.05, 0) is 48.9 Å². The van der Waals surface area contributed by atoms with Crippen molar-refractivity contribution in [1.29, 1.82) is 0 Å². The molecule has 3 heterocycles. The van der Waals surface area contributed by atoms with Crippen LogP contribution >= 0.6 is 11.6 Å². The van der Waals surface area contributed by atoms with Gasteiger partial charge in [-0.2, -0.15) is 13.2 Å². The average molecular weight is 662 g/mol. The number of anilines is 1. The summed E-state index contributed by atoms with van der Waals surface area (Å²) in [5, 5.41) is 7.95. The van der Waals surface area contributed by atoms with Crippen molar-refractivity contribution in [2.45, 2.75) is 51.0 Å². The lowest BCUT2D eigenvalue weighted by Gasteiger charge is -2.30. The average Bonchev–Trinajstić information content (AvgIpc) is 3.47. The predicted octanol–water partition coefficient (Wildman–Crippen LogP) is 5.94. The Bertz CT molecular complexity index is 1700. The van der Waals surface area contributed by atoms with Gasteiger partial charge in [0.15, 0.2) is 0 Å². The van der Waals surface area contributed by atoms with Crippen LogP contribution in [0.5, 0.6) is 0 Å². The SMILES string of the molecule is CN(C(=O)CCc1cccc(F)c1Cl)[C@@H](CCCN1CCn2nc(C(F)(F)F)nc2C1)COC(=O)Nc1cc2ccccc2cn1. The molecule has 15 heteroatoms. The molecule has 0 aliphatic carbocycles. The topological polar surface area (TPSA) is 105 Å². The molecule has 2 amide bonds. The molecule has 1 aliphatic rings. The van der Waals surface area contributed by atoms with Gasteiger partial charge in [0, 0.05) is 31.6 Å². The number of aryl methyl sites for hydroxylation is 1. The van der Waals surface area contributed by atoms with Crippen LogP contribution in [-0.2, 0) is 35.2 Å². The van der Waals surface area contributed by atoms with E-state index in [1.807, 2.05) is 29.2 Å². The number of halogens is 5. The number of nitrogens with zero attached hydrogens (tertiary/aromatic N) is 6. The molecule has 244 valence electrons. The minimum Gasteiger partial charge on any atom is -0.447 e. The second-order valence-electron chi connectivity index (χ2n) is 11.0. The van der Waals surface area contributed by atoms with E-state index in [4.69, 9.17) is 16.3 Å². The molecule has 2 aromatic carbocycles. The molecular weight excluding hydrogens is 630 g/mol. The molecule has 4 aromatic rings. The molecule has 0 fully saturated rings. The second kappa shape index (κ2) is 14.4. The highest BCUT2D eigenvalue weighted by Gasteiger charge is 2.38. The number of carbonyl (C=O) groups excluding carboxylic acids is 2. The van der Waals surface area contributed by atoms with Gasteiger partial charge in [-0.1, -0.05) is 48.0 Å². The van der Waals surface area contributed by atoms with E-state index in [1.165, 1.54) is 21.7 Å². The highest BCUT2D eigenvalue weighted by molar-refractivity contribution is 6.31. The molecule has 2 aromatic heterocycles. The first-order valence-electron chi connectivity index (χ1n) is 14.7. The maximum atomic E-state index is 13.9. The van der Waals surface area contributed by atoms with Crippen LogP contribution in [0.4, 0.5) is 28.2 Å². The lowest BCUT2D eigenvalue weighted by Crippen LogP contribution is -2.42. The molecule has 46 heavy (non-hydrogen) atoms. The number of pyridine rings is 1. The zero-order valence-electron chi connectivity index (χ0n) is 24.9. The fourth-order valence-electron chi connectivity index (χ4n) is 5.26. The summed E-state index contributed by atoms with van der Waals surface area (Å²) in [6.07, 6.45) is -2.47. The summed E-state index contributed by atoms with van der Waals surface area (Å²) in [7, 11) is 1.61. The van der Waals surface area contributed by atoms with Crippen LogP contribution in [0.25, 0.3) is 10.8 Å². The molecular formula is C31H32ClF4N7O3. The van der Waals surface area contributed by atoms with Crippen molar-refractivity contribution < 1.29 is 31.9 Å². The van der Waals surface area contributed by atoms with Crippen molar-refractivity contribution in [2.75, 3.05) is 32.1 Å². The number of ether oxygens (including phenoxy) is 1. The van der Waals surface area contributed by atoms with E-state index in [9.17, 15) is 27.2 Å². The minimum absolute atomic E-state index is 0.0310. The number of hydrogen-bond acceptors (Lipinski definition) is 7. The third-order valence-corrected chi connectivity index (χ3v) is 8.28. The van der Waals surface area contributed by atoms with E-state index >= 15 is 0 Å². The van der Waals surface area contributed by atoms with Gasteiger partial charge in [0.1, 0.15) is 24.1 Å². The van der Waals surface area contributed by atoms with Crippen LogP contribution in [0.1, 0.15) is 36.5 Å². The summed E-state index contributed by atoms with van der Waals surface area (Å²) in [6.45, 7) is 1.35. The summed E-state index contributed by atoms with van der Waals surface area (Å²) in [5.74, 6) is -1.43. The van der Waals surface area contributed by atoms with Gasteiger partial charge >= 0.3 is 12.3 Å². The zero-order valence-corrected chi connectivity index (χ0v) is 25.7. The van der Waals surface area contributed by atoms with Crippen molar-refractivity contribution in [3.05, 3.63) is 82.8 Å². The normalized spacial score (nSPS) is 14.1. The molecule has 1 aliphatic heterocycles. The quantitative estimate of drug-likeness (QED) is 0.198. The van der Waals surface area contributed by atoms with Gasteiger partial charge in [-0.3, -0.25) is 15.0 Å². The number of aromatic nitrogens is 4. The highest BCUT2D eigenvalue weighted by Crippen LogP contribution is 2.27. The van der Waals surface area contributed by atoms with Crippen LogP contribution in [0, 0.1) is 5.82 Å². The van der Waals surface area contributed by atoms with E-state index in [1.54, 1.807) is 25.4 Å². The third kappa shape index (κ3) is 8.29. The Morgan fingerprint density at radius 2 is 1.91 bits per heavy atom. The minimum atomic E-state index is -4.61. The summed E-state index contributed by atoms with van der Waals surface area (Å²) in [4.78, 5) is 37.3. The Hall–Kier alpha value is -4.30. The second-order valence-corrected chi connectivity index (χ2v) is 11.4. The molecule has 0 spiro atoms. The van der Waals surface area contributed by atoms with Gasteiger partial charge in [-0.15, -0.1) is 5.10 Å². The number of amides is 2. The summed E-state index contributed by atoms with van der Waals surface area (Å²) in [6, 6.07) is 13.2. The lowest BCUT2D eigenvalue weighted by molar-refractivity contribution is -0.145. The number of nitrogens with one attached hydrogen (secondary N) is 1. The van der Waals surface area contributed by atoms with E-state index in [0.717, 1.165) is 10.8 Å². The van der Waals surface area contributed by atoms with Gasteiger partial charge in [0.25, 0.3) is 5.82 Å². The van der Waals surface area contributed by atoms with Gasteiger partial charge in [0.05, 0.1) is 24.2 Å². The number of likely N-dealkylation sites (N-methyl/N-ethyl adjacent to an activating group) is 1. The molecule has 5 rings (SSSR count). The first-order chi connectivity index (χ1) is 22.0. The number of alkyl halides is 3. The smallest absolute Gasteiger partial charge is 0.447 e. The first kappa shape index (κ1) is 33.1. The maximum Gasteiger partial charge on any atom is 0.453 e.